The van der Waals surface area contributed by atoms with Crippen molar-refractivity contribution in [1.29, 1.82) is 0 Å². The van der Waals surface area contributed by atoms with Crippen LogP contribution in [-0.4, -0.2) is 32.8 Å². The maximum absolute atomic E-state index is 4.13. The molecule has 16 heavy (non-hydrogen) atoms. The van der Waals surface area contributed by atoms with E-state index in [9.17, 15) is 0 Å². The van der Waals surface area contributed by atoms with Crippen LogP contribution in [0.15, 0.2) is 0 Å². The summed E-state index contributed by atoms with van der Waals surface area (Å²) in [5, 5.41) is 15.5. The molecule has 1 atom stereocenters. The van der Waals surface area contributed by atoms with Crippen molar-refractivity contribution in [1.82, 2.24) is 25.5 Å². The number of nitrogens with zero attached hydrogens (tertiary/aromatic N) is 4. The van der Waals surface area contributed by atoms with Gasteiger partial charge in [0.1, 0.15) is 0 Å². The van der Waals surface area contributed by atoms with Gasteiger partial charge in [-0.2, -0.15) is 0 Å². The van der Waals surface area contributed by atoms with Crippen LogP contribution >= 0.6 is 0 Å². The zero-order valence-corrected chi connectivity index (χ0v) is 10.2. The predicted octanol–water partition coefficient (Wildman–Crippen LogP) is 1.01. The number of rotatable bonds is 4. The first-order chi connectivity index (χ1) is 7.75. The molecule has 5 heteroatoms. The molecule has 2 heterocycles. The van der Waals surface area contributed by atoms with Crippen LogP contribution in [0.3, 0.4) is 0 Å². The molecule has 1 aliphatic rings. The molecule has 1 aromatic heterocycles. The minimum atomic E-state index is 0.561. The molecule has 1 unspecified atom stereocenters. The van der Waals surface area contributed by atoms with Gasteiger partial charge in [0.2, 0.25) is 0 Å². The van der Waals surface area contributed by atoms with Gasteiger partial charge < -0.3 is 5.32 Å². The van der Waals surface area contributed by atoms with Crippen LogP contribution in [0.5, 0.6) is 0 Å². The van der Waals surface area contributed by atoms with Crippen molar-refractivity contribution in [3.63, 3.8) is 0 Å². The van der Waals surface area contributed by atoms with Crippen LogP contribution in [0.2, 0.25) is 0 Å². The van der Waals surface area contributed by atoms with Crippen LogP contribution in [0.25, 0.3) is 0 Å². The van der Waals surface area contributed by atoms with E-state index in [4.69, 9.17) is 0 Å². The number of hydrogen-bond acceptors (Lipinski definition) is 4. The summed E-state index contributed by atoms with van der Waals surface area (Å²) in [6, 6.07) is 0.561. The highest BCUT2D eigenvalue weighted by atomic mass is 15.5. The molecule has 1 fully saturated rings. The van der Waals surface area contributed by atoms with Gasteiger partial charge in [-0.05, 0) is 35.7 Å². The van der Waals surface area contributed by atoms with E-state index >= 15 is 0 Å². The van der Waals surface area contributed by atoms with E-state index in [1.165, 1.54) is 19.3 Å². The molecule has 0 bridgehead atoms. The van der Waals surface area contributed by atoms with Gasteiger partial charge in [-0.1, -0.05) is 20.3 Å². The Kier molecular flexibility index (Phi) is 3.88. The first kappa shape index (κ1) is 11.5. The molecule has 1 aliphatic heterocycles. The van der Waals surface area contributed by atoms with Gasteiger partial charge >= 0.3 is 0 Å². The lowest BCUT2D eigenvalue weighted by Crippen LogP contribution is -2.36. The van der Waals surface area contributed by atoms with Gasteiger partial charge in [0.15, 0.2) is 5.82 Å². The van der Waals surface area contributed by atoms with E-state index in [1.54, 1.807) is 0 Å². The molecular weight excluding hydrogens is 202 g/mol. The van der Waals surface area contributed by atoms with Crippen LogP contribution in [0, 0.1) is 5.92 Å². The Morgan fingerprint density at radius 1 is 1.44 bits per heavy atom. The van der Waals surface area contributed by atoms with E-state index in [2.05, 4.69) is 34.7 Å². The number of hydrogen-bond donors (Lipinski definition) is 1. The van der Waals surface area contributed by atoms with Crippen LogP contribution < -0.4 is 5.32 Å². The van der Waals surface area contributed by atoms with Crippen LogP contribution in [0.4, 0.5) is 0 Å². The van der Waals surface area contributed by atoms with Gasteiger partial charge in [-0.25, -0.2) is 4.68 Å². The molecule has 2 rings (SSSR count). The van der Waals surface area contributed by atoms with E-state index in [1.807, 2.05) is 4.68 Å². The van der Waals surface area contributed by atoms with Crippen molar-refractivity contribution in [2.45, 2.75) is 52.1 Å². The van der Waals surface area contributed by atoms with Crippen molar-refractivity contribution in [2.24, 2.45) is 5.92 Å². The largest absolute Gasteiger partial charge is 0.314 e. The third-order valence-electron chi connectivity index (χ3n) is 2.99. The van der Waals surface area contributed by atoms with Gasteiger partial charge in [0.25, 0.3) is 0 Å². The van der Waals surface area contributed by atoms with Crippen molar-refractivity contribution in [3.05, 3.63) is 5.82 Å². The highest BCUT2D eigenvalue weighted by Gasteiger charge is 2.17. The van der Waals surface area contributed by atoms with Gasteiger partial charge in [0, 0.05) is 19.0 Å². The molecular formula is C11H21N5. The maximum Gasteiger partial charge on any atom is 0.152 e. The highest BCUT2D eigenvalue weighted by Crippen LogP contribution is 2.11. The smallest absolute Gasteiger partial charge is 0.152 e. The highest BCUT2D eigenvalue weighted by molar-refractivity contribution is 4.88. The summed E-state index contributed by atoms with van der Waals surface area (Å²) in [6.45, 7) is 6.42. The standard InChI is InChI=1S/C11H21N5/c1-9(2)8-16-11(13-14-15-16)7-10-5-3-4-6-12-10/h9-10,12H,3-8H2,1-2H3. The first-order valence-corrected chi connectivity index (χ1v) is 6.24. The Labute approximate surface area is 96.6 Å². The molecule has 0 aromatic carbocycles. The summed E-state index contributed by atoms with van der Waals surface area (Å²) in [4.78, 5) is 0. The predicted molar refractivity (Wildman–Crippen MR) is 62.0 cm³/mol. The zero-order valence-electron chi connectivity index (χ0n) is 10.2. The summed E-state index contributed by atoms with van der Waals surface area (Å²) in [5.41, 5.74) is 0. The normalized spacial score (nSPS) is 21.6. The quantitative estimate of drug-likeness (QED) is 0.828. The summed E-state index contributed by atoms with van der Waals surface area (Å²) in [7, 11) is 0. The molecule has 0 saturated carbocycles. The van der Waals surface area contributed by atoms with E-state index in [0.717, 1.165) is 25.3 Å². The number of tetrazole rings is 1. The number of nitrogens with one attached hydrogen (secondary N) is 1. The van der Waals surface area contributed by atoms with Gasteiger partial charge in [-0.15, -0.1) is 5.10 Å². The zero-order chi connectivity index (χ0) is 11.4. The van der Waals surface area contributed by atoms with Crippen molar-refractivity contribution < 1.29 is 0 Å². The molecule has 1 saturated heterocycles. The molecule has 0 radical (unpaired) electrons. The van der Waals surface area contributed by atoms with E-state index in [0.29, 0.717) is 12.0 Å². The monoisotopic (exact) mass is 223 g/mol. The summed E-state index contributed by atoms with van der Waals surface area (Å²) < 4.78 is 1.95. The Hall–Kier alpha value is -0.970. The fraction of sp³-hybridized carbons (Fsp3) is 0.909. The van der Waals surface area contributed by atoms with Crippen LogP contribution in [0.1, 0.15) is 38.9 Å². The summed E-state index contributed by atoms with van der Waals surface area (Å²) >= 11 is 0. The average molecular weight is 223 g/mol. The topological polar surface area (TPSA) is 55.6 Å². The Balaban J connectivity index is 1.94. The minimum Gasteiger partial charge on any atom is -0.314 e. The minimum absolute atomic E-state index is 0.561. The average Bonchev–Trinajstić information content (AvgIpc) is 2.66. The van der Waals surface area contributed by atoms with Crippen LogP contribution in [-0.2, 0) is 13.0 Å². The SMILES string of the molecule is CC(C)Cn1nnnc1CC1CCCCN1. The fourth-order valence-corrected chi connectivity index (χ4v) is 2.18. The Morgan fingerprint density at radius 2 is 2.31 bits per heavy atom. The van der Waals surface area contributed by atoms with Crippen molar-refractivity contribution in [3.8, 4) is 0 Å². The maximum atomic E-state index is 4.13. The number of piperidine rings is 1. The molecule has 0 amide bonds. The first-order valence-electron chi connectivity index (χ1n) is 6.24. The lowest BCUT2D eigenvalue weighted by Gasteiger charge is -2.22. The van der Waals surface area contributed by atoms with E-state index < -0.39 is 0 Å². The molecule has 90 valence electrons. The molecule has 0 aliphatic carbocycles. The van der Waals surface area contributed by atoms with Gasteiger partial charge in [-0.3, -0.25) is 0 Å². The van der Waals surface area contributed by atoms with Gasteiger partial charge in [0.05, 0.1) is 0 Å². The summed E-state index contributed by atoms with van der Waals surface area (Å²) in [6.07, 6.45) is 4.82. The fourth-order valence-electron chi connectivity index (χ4n) is 2.18. The van der Waals surface area contributed by atoms with Crippen molar-refractivity contribution >= 4 is 0 Å². The second-order valence-electron chi connectivity index (χ2n) is 5.02. The molecule has 0 spiro atoms. The van der Waals surface area contributed by atoms with Crippen molar-refractivity contribution in [2.75, 3.05) is 6.54 Å². The Bertz CT molecular complexity index is 314. The third-order valence-corrected chi connectivity index (χ3v) is 2.99. The lowest BCUT2D eigenvalue weighted by atomic mass is 10.0. The molecule has 1 aromatic rings. The Morgan fingerprint density at radius 3 is 3.00 bits per heavy atom. The summed E-state index contributed by atoms with van der Waals surface area (Å²) in [5.74, 6) is 1.61. The lowest BCUT2D eigenvalue weighted by molar-refractivity contribution is 0.380. The molecule has 1 N–H and O–H groups in total. The van der Waals surface area contributed by atoms with E-state index in [-0.39, 0.29) is 0 Å². The second-order valence-corrected chi connectivity index (χ2v) is 5.02. The number of aromatic nitrogens is 4. The third kappa shape index (κ3) is 3.01. The molecule has 5 nitrogen and oxygen atoms in total. The second kappa shape index (κ2) is 5.39.